The molecule has 24 heavy (non-hydrogen) atoms. The van der Waals surface area contributed by atoms with Crippen molar-refractivity contribution in [1.82, 2.24) is 9.78 Å². The Labute approximate surface area is 137 Å². The van der Waals surface area contributed by atoms with E-state index in [1.54, 1.807) is 42.5 Å². The zero-order valence-electron chi connectivity index (χ0n) is 13.0. The molecule has 122 valence electrons. The molecular weight excluding hydrogens is 312 g/mol. The van der Waals surface area contributed by atoms with Crippen LogP contribution in [0.25, 0.3) is 10.9 Å². The lowest BCUT2D eigenvalue weighted by Gasteiger charge is -2.09. The lowest BCUT2D eigenvalue weighted by molar-refractivity contribution is 0.0691. The van der Waals surface area contributed by atoms with Crippen LogP contribution < -0.4 is 9.47 Å². The van der Waals surface area contributed by atoms with Gasteiger partial charge in [-0.25, -0.2) is 4.79 Å². The number of aromatic nitrogens is 2. The molecule has 0 saturated carbocycles. The van der Waals surface area contributed by atoms with Crippen molar-refractivity contribution < 1.29 is 24.2 Å². The molecule has 1 aromatic heterocycles. The predicted molar refractivity (Wildman–Crippen MR) is 86.0 cm³/mol. The topological polar surface area (TPSA) is 90.7 Å². The lowest BCUT2D eigenvalue weighted by Crippen LogP contribution is -2.15. The number of benzene rings is 2. The van der Waals surface area contributed by atoms with Gasteiger partial charge in [-0.15, -0.1) is 0 Å². The number of carbonyl (C=O) groups is 2. The molecule has 0 unspecified atom stereocenters. The van der Waals surface area contributed by atoms with Gasteiger partial charge in [-0.1, -0.05) is 18.2 Å². The number of rotatable bonds is 4. The maximum absolute atomic E-state index is 12.9. The molecule has 3 aromatic rings. The van der Waals surface area contributed by atoms with Gasteiger partial charge in [-0.05, 0) is 18.2 Å². The number of ether oxygens (including phenoxy) is 2. The minimum atomic E-state index is -1.19. The number of carboxylic acid groups (broad SMARTS) is 1. The second-order valence-electron chi connectivity index (χ2n) is 4.95. The van der Waals surface area contributed by atoms with Crippen LogP contribution in [0, 0.1) is 0 Å². The van der Waals surface area contributed by atoms with Crippen molar-refractivity contribution in [2.45, 2.75) is 0 Å². The first kappa shape index (κ1) is 15.5. The van der Waals surface area contributed by atoms with Crippen molar-refractivity contribution in [2.75, 3.05) is 14.2 Å². The molecule has 0 aliphatic heterocycles. The number of hydrogen-bond acceptors (Lipinski definition) is 5. The van der Waals surface area contributed by atoms with E-state index in [2.05, 4.69) is 5.10 Å². The minimum Gasteiger partial charge on any atom is -0.497 e. The highest BCUT2D eigenvalue weighted by molar-refractivity contribution is 6.08. The Morgan fingerprint density at radius 3 is 2.50 bits per heavy atom. The Hall–Kier alpha value is -3.35. The zero-order valence-corrected chi connectivity index (χ0v) is 13.0. The summed E-state index contributed by atoms with van der Waals surface area (Å²) in [5.74, 6) is -0.826. The van der Waals surface area contributed by atoms with Crippen LogP contribution in [0.2, 0.25) is 0 Å². The van der Waals surface area contributed by atoms with Crippen LogP contribution in [-0.4, -0.2) is 41.0 Å². The standard InChI is InChI=1S/C17H14N2O5/c1-23-10-7-8-12(14(9-10)24-2)16(20)19-13-6-4-3-5-11(13)15(18-19)17(21)22/h3-9H,1-2H3,(H,21,22). The highest BCUT2D eigenvalue weighted by Gasteiger charge is 2.22. The third-order valence-electron chi connectivity index (χ3n) is 3.62. The highest BCUT2D eigenvalue weighted by atomic mass is 16.5. The quantitative estimate of drug-likeness (QED) is 0.792. The predicted octanol–water partition coefficient (Wildman–Crippen LogP) is 2.44. The van der Waals surface area contributed by atoms with Crippen LogP contribution in [0.5, 0.6) is 11.5 Å². The molecule has 7 nitrogen and oxygen atoms in total. The zero-order chi connectivity index (χ0) is 17.3. The van der Waals surface area contributed by atoms with Gasteiger partial charge in [-0.3, -0.25) is 4.79 Å². The van der Waals surface area contributed by atoms with E-state index in [4.69, 9.17) is 9.47 Å². The van der Waals surface area contributed by atoms with Crippen LogP contribution in [0.15, 0.2) is 42.5 Å². The number of aromatic carboxylic acids is 1. The normalized spacial score (nSPS) is 10.6. The Kier molecular flexibility index (Phi) is 3.91. The molecule has 7 heteroatoms. The maximum atomic E-state index is 12.9. The fourth-order valence-corrected chi connectivity index (χ4v) is 2.47. The summed E-state index contributed by atoms with van der Waals surface area (Å²) in [5.41, 5.74) is 0.493. The van der Waals surface area contributed by atoms with Gasteiger partial charge >= 0.3 is 5.97 Å². The molecule has 0 aliphatic carbocycles. The van der Waals surface area contributed by atoms with Gasteiger partial charge in [0.1, 0.15) is 11.5 Å². The molecule has 0 saturated heterocycles. The van der Waals surface area contributed by atoms with E-state index in [9.17, 15) is 14.7 Å². The first-order valence-electron chi connectivity index (χ1n) is 7.04. The van der Waals surface area contributed by atoms with Crippen molar-refractivity contribution in [3.63, 3.8) is 0 Å². The van der Waals surface area contributed by atoms with Crippen molar-refractivity contribution in [2.24, 2.45) is 0 Å². The first-order chi connectivity index (χ1) is 11.6. The summed E-state index contributed by atoms with van der Waals surface area (Å²) in [4.78, 5) is 24.2. The fraction of sp³-hybridized carbons (Fsp3) is 0.118. The summed E-state index contributed by atoms with van der Waals surface area (Å²) in [7, 11) is 2.95. The van der Waals surface area contributed by atoms with Gasteiger partial charge in [0.15, 0.2) is 5.69 Å². The molecular formula is C17H14N2O5. The molecule has 1 heterocycles. The largest absolute Gasteiger partial charge is 0.497 e. The van der Waals surface area contributed by atoms with E-state index in [0.29, 0.717) is 22.4 Å². The molecule has 2 aromatic carbocycles. The highest BCUT2D eigenvalue weighted by Crippen LogP contribution is 2.27. The van der Waals surface area contributed by atoms with Gasteiger partial charge in [0.25, 0.3) is 5.91 Å². The summed E-state index contributed by atoms with van der Waals surface area (Å²) >= 11 is 0. The number of carboxylic acids is 1. The van der Waals surface area contributed by atoms with Crippen LogP contribution in [0.3, 0.4) is 0 Å². The summed E-state index contributed by atoms with van der Waals surface area (Å²) < 4.78 is 11.4. The number of methoxy groups -OCH3 is 2. The summed E-state index contributed by atoms with van der Waals surface area (Å²) in [5, 5.41) is 13.6. The van der Waals surface area contributed by atoms with Crippen molar-refractivity contribution in [3.8, 4) is 11.5 Å². The van der Waals surface area contributed by atoms with E-state index in [-0.39, 0.29) is 11.3 Å². The molecule has 0 radical (unpaired) electrons. The molecule has 0 aliphatic rings. The number of hydrogen-bond donors (Lipinski definition) is 1. The maximum Gasteiger partial charge on any atom is 0.357 e. The second-order valence-corrected chi connectivity index (χ2v) is 4.95. The third-order valence-corrected chi connectivity index (χ3v) is 3.62. The molecule has 0 fully saturated rings. The minimum absolute atomic E-state index is 0.175. The van der Waals surface area contributed by atoms with Gasteiger partial charge in [0, 0.05) is 11.5 Å². The van der Waals surface area contributed by atoms with Crippen LogP contribution in [0.4, 0.5) is 0 Å². The molecule has 0 atom stereocenters. The van der Waals surface area contributed by atoms with Crippen LogP contribution >= 0.6 is 0 Å². The molecule has 1 N–H and O–H groups in total. The van der Waals surface area contributed by atoms with Crippen LogP contribution in [0.1, 0.15) is 20.8 Å². The SMILES string of the molecule is COc1ccc(C(=O)n2nc(C(=O)O)c3ccccc32)c(OC)c1. The number of carbonyl (C=O) groups excluding carboxylic acids is 1. The van der Waals surface area contributed by atoms with Gasteiger partial charge in [0.2, 0.25) is 0 Å². The molecule has 3 rings (SSSR count). The number of para-hydroxylation sites is 1. The monoisotopic (exact) mass is 326 g/mol. The second kappa shape index (κ2) is 6.04. The first-order valence-corrected chi connectivity index (χ1v) is 7.04. The van der Waals surface area contributed by atoms with Crippen molar-refractivity contribution >= 4 is 22.8 Å². The van der Waals surface area contributed by atoms with E-state index in [1.807, 2.05) is 0 Å². The van der Waals surface area contributed by atoms with E-state index in [1.165, 1.54) is 14.2 Å². The lowest BCUT2D eigenvalue weighted by atomic mass is 10.1. The molecule has 0 spiro atoms. The number of nitrogens with zero attached hydrogens (tertiary/aromatic N) is 2. The van der Waals surface area contributed by atoms with Gasteiger partial charge < -0.3 is 14.6 Å². The van der Waals surface area contributed by atoms with Crippen molar-refractivity contribution in [3.05, 3.63) is 53.7 Å². The fourth-order valence-electron chi connectivity index (χ4n) is 2.47. The summed E-state index contributed by atoms with van der Waals surface area (Å²) in [6.45, 7) is 0. The van der Waals surface area contributed by atoms with Gasteiger partial charge in [-0.2, -0.15) is 9.78 Å². The van der Waals surface area contributed by atoms with E-state index in [0.717, 1.165) is 4.68 Å². The average molecular weight is 326 g/mol. The molecule has 0 bridgehead atoms. The Morgan fingerprint density at radius 1 is 1.08 bits per heavy atom. The van der Waals surface area contributed by atoms with Crippen molar-refractivity contribution in [1.29, 1.82) is 0 Å². The smallest absolute Gasteiger partial charge is 0.357 e. The summed E-state index contributed by atoms with van der Waals surface area (Å²) in [6, 6.07) is 11.4. The summed E-state index contributed by atoms with van der Waals surface area (Å²) in [6.07, 6.45) is 0. The van der Waals surface area contributed by atoms with E-state index >= 15 is 0 Å². The van der Waals surface area contributed by atoms with Gasteiger partial charge in [0.05, 0.1) is 25.3 Å². The Bertz CT molecular complexity index is 945. The Balaban J connectivity index is 2.18. The Morgan fingerprint density at radius 2 is 1.83 bits per heavy atom. The number of fused-ring (bicyclic) bond motifs is 1. The molecule has 0 amide bonds. The van der Waals surface area contributed by atoms with E-state index < -0.39 is 11.9 Å². The third kappa shape index (κ3) is 2.45. The van der Waals surface area contributed by atoms with Crippen LogP contribution in [-0.2, 0) is 0 Å². The average Bonchev–Trinajstić information content (AvgIpc) is 3.00.